The maximum atomic E-state index is 13.0. The fraction of sp³-hybridized carbons (Fsp3) is 0.750. The van der Waals surface area contributed by atoms with Gasteiger partial charge in [-0.3, -0.25) is 4.79 Å². The van der Waals surface area contributed by atoms with Crippen LogP contribution in [-0.2, 0) is 14.3 Å². The Bertz CT molecular complexity index is 797. The summed E-state index contributed by atoms with van der Waals surface area (Å²) in [5.74, 6) is -0.469. The topological polar surface area (TPSA) is 83.8 Å². The molecule has 4 aliphatic carbocycles. The summed E-state index contributed by atoms with van der Waals surface area (Å²) in [7, 11) is 0. The van der Waals surface area contributed by atoms with Crippen LogP contribution < -0.4 is 0 Å². The number of hydrogen-bond donors (Lipinski definition) is 2. The average Bonchev–Trinajstić information content (AvgIpc) is 2.82. The van der Waals surface area contributed by atoms with E-state index in [-0.39, 0.29) is 41.0 Å². The van der Waals surface area contributed by atoms with Crippen LogP contribution in [0.3, 0.4) is 0 Å². The summed E-state index contributed by atoms with van der Waals surface area (Å²) in [5.41, 5.74) is -1.57. The third-order valence-electron chi connectivity index (χ3n) is 8.73. The van der Waals surface area contributed by atoms with Gasteiger partial charge in [0.1, 0.15) is 0 Å². The Morgan fingerprint density at radius 1 is 1.31 bits per heavy atom. The molecule has 0 aromatic rings. The molecule has 0 aliphatic heterocycles. The van der Waals surface area contributed by atoms with Gasteiger partial charge in [0.25, 0.3) is 0 Å². The number of ketones is 1. The van der Waals surface area contributed by atoms with E-state index in [2.05, 4.69) is 6.92 Å². The number of aliphatic hydroxyl groups is 2. The highest BCUT2D eigenvalue weighted by atomic mass is 16.6. The molecule has 3 fully saturated rings. The number of carbonyl (C=O) groups excluding carboxylic acids is 2. The van der Waals surface area contributed by atoms with Crippen LogP contribution in [0.1, 0.15) is 60.3 Å². The SMILES string of the molecule is CC(C)OC(=O)[C@@]1(O)[C@H](C)CC2C3CCC4=CC(=O)C=C[C@]4(C)C3C(O)C[C@@]21C. The third-order valence-corrected chi connectivity index (χ3v) is 8.73. The lowest BCUT2D eigenvalue weighted by atomic mass is 9.46. The second kappa shape index (κ2) is 6.52. The molecule has 0 amide bonds. The van der Waals surface area contributed by atoms with Gasteiger partial charge < -0.3 is 14.9 Å². The maximum absolute atomic E-state index is 13.0. The molecule has 2 N–H and O–H groups in total. The lowest BCUT2D eigenvalue weighted by molar-refractivity contribution is -0.205. The van der Waals surface area contributed by atoms with Crippen LogP contribution in [0.25, 0.3) is 0 Å². The maximum Gasteiger partial charge on any atom is 0.339 e. The van der Waals surface area contributed by atoms with Gasteiger partial charge in [0, 0.05) is 16.7 Å². The molecule has 5 heteroatoms. The number of ether oxygens (including phenoxy) is 1. The normalized spacial score (nSPS) is 48.6. The van der Waals surface area contributed by atoms with Crippen LogP contribution in [0.2, 0.25) is 0 Å². The Morgan fingerprint density at radius 2 is 2.00 bits per heavy atom. The van der Waals surface area contributed by atoms with Crippen molar-refractivity contribution in [2.75, 3.05) is 0 Å². The molecule has 0 saturated heterocycles. The van der Waals surface area contributed by atoms with Crippen molar-refractivity contribution in [2.45, 2.75) is 78.1 Å². The van der Waals surface area contributed by atoms with Gasteiger partial charge in [0.2, 0.25) is 0 Å². The highest BCUT2D eigenvalue weighted by Crippen LogP contribution is 2.68. The summed E-state index contributed by atoms with van der Waals surface area (Å²) in [4.78, 5) is 24.9. The molecule has 4 unspecified atom stereocenters. The summed E-state index contributed by atoms with van der Waals surface area (Å²) in [5, 5.41) is 23.1. The quantitative estimate of drug-likeness (QED) is 0.693. The first-order chi connectivity index (χ1) is 13.4. The van der Waals surface area contributed by atoms with Crippen molar-refractivity contribution in [3.63, 3.8) is 0 Å². The zero-order valence-electron chi connectivity index (χ0n) is 18.1. The van der Waals surface area contributed by atoms with Crippen LogP contribution in [0, 0.1) is 34.5 Å². The van der Waals surface area contributed by atoms with Gasteiger partial charge in [0.05, 0.1) is 12.2 Å². The van der Waals surface area contributed by atoms with Gasteiger partial charge >= 0.3 is 5.97 Å². The second-order valence-corrected chi connectivity index (χ2v) is 10.6. The number of fused-ring (bicyclic) bond motifs is 5. The Hall–Kier alpha value is -1.46. The van der Waals surface area contributed by atoms with Crippen LogP contribution in [0.15, 0.2) is 23.8 Å². The van der Waals surface area contributed by atoms with Crippen molar-refractivity contribution in [2.24, 2.45) is 34.5 Å². The number of esters is 1. The monoisotopic (exact) mass is 402 g/mol. The first-order valence-corrected chi connectivity index (χ1v) is 11.0. The first kappa shape index (κ1) is 20.8. The standard InChI is InChI=1S/C24H34O5/c1-13(2)29-21(27)24(28)14(3)10-18-17-7-6-15-11-16(25)8-9-22(15,4)20(17)19(26)12-23(18,24)5/h8-9,11,13-14,17-20,26,28H,6-7,10,12H2,1-5H3/t14-,17?,18?,19?,20?,22+,23+,24+/m1/s1. The van der Waals surface area contributed by atoms with Crippen LogP contribution in [-0.4, -0.2) is 39.8 Å². The minimum Gasteiger partial charge on any atom is -0.461 e. The van der Waals surface area contributed by atoms with Crippen molar-refractivity contribution in [3.05, 3.63) is 23.8 Å². The lowest BCUT2D eigenvalue weighted by Gasteiger charge is -2.59. The summed E-state index contributed by atoms with van der Waals surface area (Å²) in [6.45, 7) is 9.61. The molecular weight excluding hydrogens is 368 g/mol. The average molecular weight is 403 g/mol. The summed E-state index contributed by atoms with van der Waals surface area (Å²) >= 11 is 0. The van der Waals surface area contributed by atoms with Gasteiger partial charge in [-0.1, -0.05) is 32.4 Å². The summed E-state index contributed by atoms with van der Waals surface area (Å²) in [6, 6.07) is 0. The Balaban J connectivity index is 1.74. The van der Waals surface area contributed by atoms with E-state index < -0.39 is 23.1 Å². The van der Waals surface area contributed by atoms with Gasteiger partial charge in [-0.05, 0) is 69.4 Å². The largest absolute Gasteiger partial charge is 0.461 e. The number of rotatable bonds is 2. The van der Waals surface area contributed by atoms with Gasteiger partial charge in [0.15, 0.2) is 11.4 Å². The lowest BCUT2D eigenvalue weighted by Crippen LogP contribution is -2.62. The molecule has 0 heterocycles. The first-order valence-electron chi connectivity index (χ1n) is 11.0. The molecule has 0 spiro atoms. The Labute approximate surface area is 173 Å². The number of aliphatic hydroxyl groups excluding tert-OH is 1. The van der Waals surface area contributed by atoms with Gasteiger partial charge in [-0.15, -0.1) is 0 Å². The van der Waals surface area contributed by atoms with Crippen molar-refractivity contribution in [3.8, 4) is 0 Å². The molecule has 4 rings (SSSR count). The minimum atomic E-state index is -1.59. The molecule has 5 nitrogen and oxygen atoms in total. The predicted octanol–water partition coefficient (Wildman–Crippen LogP) is 3.19. The summed E-state index contributed by atoms with van der Waals surface area (Å²) in [6.07, 6.45) is 7.17. The van der Waals surface area contributed by atoms with E-state index in [0.29, 0.717) is 6.42 Å². The van der Waals surface area contributed by atoms with Crippen molar-refractivity contribution in [1.29, 1.82) is 0 Å². The molecule has 0 aromatic carbocycles. The summed E-state index contributed by atoms with van der Waals surface area (Å²) < 4.78 is 5.48. The van der Waals surface area contributed by atoms with Crippen LogP contribution >= 0.6 is 0 Å². The highest BCUT2D eigenvalue weighted by molar-refractivity contribution is 6.01. The van der Waals surface area contributed by atoms with Crippen LogP contribution in [0.4, 0.5) is 0 Å². The van der Waals surface area contributed by atoms with E-state index in [1.165, 1.54) is 0 Å². The van der Waals surface area contributed by atoms with E-state index in [1.54, 1.807) is 26.0 Å². The fourth-order valence-corrected chi connectivity index (χ4v) is 7.40. The van der Waals surface area contributed by atoms with E-state index in [9.17, 15) is 19.8 Å². The molecule has 0 aromatic heterocycles. The second-order valence-electron chi connectivity index (χ2n) is 10.6. The zero-order chi connectivity index (χ0) is 21.4. The van der Waals surface area contributed by atoms with Gasteiger partial charge in [-0.2, -0.15) is 0 Å². The molecule has 4 aliphatic rings. The van der Waals surface area contributed by atoms with E-state index >= 15 is 0 Å². The molecule has 8 atom stereocenters. The molecule has 3 saturated carbocycles. The smallest absolute Gasteiger partial charge is 0.339 e. The van der Waals surface area contributed by atoms with Crippen molar-refractivity contribution >= 4 is 11.8 Å². The molecule has 0 radical (unpaired) electrons. The highest BCUT2D eigenvalue weighted by Gasteiger charge is 2.71. The minimum absolute atomic E-state index is 0.0133. The number of hydrogen-bond acceptors (Lipinski definition) is 5. The van der Waals surface area contributed by atoms with E-state index in [0.717, 1.165) is 24.8 Å². The molecular formula is C24H34O5. The van der Waals surface area contributed by atoms with Crippen LogP contribution in [0.5, 0.6) is 0 Å². The number of carbonyl (C=O) groups is 2. The third kappa shape index (κ3) is 2.66. The zero-order valence-corrected chi connectivity index (χ0v) is 18.1. The Kier molecular flexibility index (Phi) is 4.67. The fourth-order valence-electron chi connectivity index (χ4n) is 7.40. The van der Waals surface area contributed by atoms with Crippen molar-refractivity contribution < 1.29 is 24.5 Å². The van der Waals surface area contributed by atoms with E-state index in [1.807, 2.05) is 19.9 Å². The predicted molar refractivity (Wildman–Crippen MR) is 109 cm³/mol. The number of allylic oxidation sites excluding steroid dienone is 4. The van der Waals surface area contributed by atoms with E-state index in [4.69, 9.17) is 4.74 Å². The van der Waals surface area contributed by atoms with Gasteiger partial charge in [-0.25, -0.2) is 4.79 Å². The molecule has 29 heavy (non-hydrogen) atoms. The molecule has 0 bridgehead atoms. The molecule has 160 valence electrons. The Morgan fingerprint density at radius 3 is 2.66 bits per heavy atom. The van der Waals surface area contributed by atoms with Crippen molar-refractivity contribution in [1.82, 2.24) is 0 Å².